The van der Waals surface area contributed by atoms with Crippen LogP contribution in [-0.2, 0) is 15.0 Å². The van der Waals surface area contributed by atoms with Crippen molar-refractivity contribution in [3.05, 3.63) is 23.2 Å². The number of anilines is 1. The molecule has 0 spiro atoms. The fourth-order valence-electron chi connectivity index (χ4n) is 3.03. The zero-order chi connectivity index (χ0) is 19.3. The summed E-state index contributed by atoms with van der Waals surface area (Å²) in [6, 6.07) is 5.03. The molecule has 26 heavy (non-hydrogen) atoms. The average molecular weight is 404 g/mol. The predicted molar refractivity (Wildman–Crippen MR) is 103 cm³/mol. The summed E-state index contributed by atoms with van der Waals surface area (Å²) in [7, 11) is 1.19. The van der Waals surface area contributed by atoms with E-state index in [9.17, 15) is 13.2 Å². The second-order valence-corrected chi connectivity index (χ2v) is 9.17. The van der Waals surface area contributed by atoms with Crippen molar-refractivity contribution in [3.8, 4) is 5.75 Å². The molecule has 0 saturated carbocycles. The first-order valence-corrected chi connectivity index (χ1v) is 10.3. The van der Waals surface area contributed by atoms with Crippen molar-refractivity contribution >= 4 is 33.4 Å². The van der Waals surface area contributed by atoms with E-state index in [0.29, 0.717) is 42.4 Å². The first kappa shape index (κ1) is 21.0. The van der Waals surface area contributed by atoms with Crippen LogP contribution in [0, 0.1) is 5.92 Å². The van der Waals surface area contributed by atoms with Gasteiger partial charge in [-0.25, -0.2) is 0 Å². The number of halogens is 1. The van der Waals surface area contributed by atoms with Crippen molar-refractivity contribution in [3.63, 3.8) is 0 Å². The lowest BCUT2D eigenvalue weighted by molar-refractivity contribution is -0.116. The average Bonchev–Trinajstić information content (AvgIpc) is 2.60. The zero-order valence-corrected chi connectivity index (χ0v) is 16.9. The fraction of sp³-hybridized carbons (Fsp3) is 0.588. The fourth-order valence-corrected chi connectivity index (χ4v) is 4.42. The van der Waals surface area contributed by atoms with E-state index in [4.69, 9.17) is 16.3 Å². The van der Waals surface area contributed by atoms with Gasteiger partial charge in [-0.2, -0.15) is 17.0 Å². The quantitative estimate of drug-likeness (QED) is 0.758. The molecule has 0 bridgehead atoms. The van der Waals surface area contributed by atoms with Crippen LogP contribution in [0.3, 0.4) is 0 Å². The van der Waals surface area contributed by atoms with Gasteiger partial charge < -0.3 is 10.1 Å². The zero-order valence-electron chi connectivity index (χ0n) is 15.4. The number of nitrogens with zero attached hydrogens (tertiary/aromatic N) is 2. The number of carbonyl (C=O) groups is 1. The number of piperidine rings is 1. The van der Waals surface area contributed by atoms with E-state index in [-0.39, 0.29) is 11.8 Å². The number of benzene rings is 1. The Morgan fingerprint density at radius 2 is 2.15 bits per heavy atom. The van der Waals surface area contributed by atoms with Gasteiger partial charge in [0.05, 0.1) is 12.8 Å². The second kappa shape index (κ2) is 9.03. The minimum Gasteiger partial charge on any atom is -0.495 e. The first-order chi connectivity index (χ1) is 12.2. The number of amides is 1. The Bertz CT molecular complexity index is 740. The third-order valence-corrected chi connectivity index (χ3v) is 6.63. The van der Waals surface area contributed by atoms with Crippen LogP contribution < -0.4 is 10.1 Å². The molecule has 7 nitrogen and oxygen atoms in total. The van der Waals surface area contributed by atoms with Gasteiger partial charge in [-0.3, -0.25) is 4.79 Å². The first-order valence-electron chi connectivity index (χ1n) is 8.55. The van der Waals surface area contributed by atoms with Gasteiger partial charge in [-0.05, 0) is 43.4 Å². The Balaban J connectivity index is 1.90. The van der Waals surface area contributed by atoms with E-state index in [1.165, 1.54) is 29.8 Å². The standard InChI is InChI=1S/C17H26ClN3O4S/c1-20(2)26(23,24)21-10-4-5-13(12-21)6-9-17(22)19-15-11-14(18)7-8-16(15)25-3/h7-8,11,13H,4-6,9-10,12H2,1-3H3,(H,19,22)/t13-/m0/s1. The van der Waals surface area contributed by atoms with E-state index in [0.717, 1.165) is 12.8 Å². The minimum atomic E-state index is -3.40. The summed E-state index contributed by atoms with van der Waals surface area (Å²) in [6.07, 6.45) is 2.68. The summed E-state index contributed by atoms with van der Waals surface area (Å²) < 4.78 is 32.5. The molecular formula is C17H26ClN3O4S. The molecule has 1 amide bonds. The van der Waals surface area contributed by atoms with E-state index >= 15 is 0 Å². The number of hydrogen-bond donors (Lipinski definition) is 1. The largest absolute Gasteiger partial charge is 0.495 e. The molecule has 1 aromatic rings. The molecule has 1 saturated heterocycles. The number of carbonyl (C=O) groups excluding carboxylic acids is 1. The molecule has 1 fully saturated rings. The Kier molecular flexibility index (Phi) is 7.28. The van der Waals surface area contributed by atoms with Crippen molar-refractivity contribution in [1.82, 2.24) is 8.61 Å². The van der Waals surface area contributed by atoms with Crippen LogP contribution in [0.4, 0.5) is 5.69 Å². The number of hydrogen-bond acceptors (Lipinski definition) is 4. The third kappa shape index (κ3) is 5.33. The lowest BCUT2D eigenvalue weighted by Crippen LogP contribution is -2.45. The Hall–Kier alpha value is -1.35. The molecule has 1 heterocycles. The van der Waals surface area contributed by atoms with Crippen molar-refractivity contribution in [2.45, 2.75) is 25.7 Å². The number of nitrogens with one attached hydrogen (secondary N) is 1. The maximum atomic E-state index is 12.3. The lowest BCUT2D eigenvalue weighted by Gasteiger charge is -2.33. The summed E-state index contributed by atoms with van der Waals surface area (Å²) in [4.78, 5) is 12.3. The smallest absolute Gasteiger partial charge is 0.281 e. The summed E-state index contributed by atoms with van der Waals surface area (Å²) >= 11 is 5.97. The maximum absolute atomic E-state index is 12.3. The summed E-state index contributed by atoms with van der Waals surface area (Å²) in [5, 5.41) is 3.33. The highest BCUT2D eigenvalue weighted by Crippen LogP contribution is 2.28. The van der Waals surface area contributed by atoms with Gasteiger partial charge in [-0.15, -0.1) is 0 Å². The van der Waals surface area contributed by atoms with Crippen LogP contribution in [0.5, 0.6) is 5.75 Å². The molecule has 1 aliphatic heterocycles. The van der Waals surface area contributed by atoms with Gasteiger partial charge in [0, 0.05) is 38.6 Å². The van der Waals surface area contributed by atoms with Gasteiger partial charge in [0.1, 0.15) is 5.75 Å². The molecule has 1 aliphatic rings. The molecule has 9 heteroatoms. The van der Waals surface area contributed by atoms with Crippen LogP contribution in [-0.4, -0.2) is 57.2 Å². The molecule has 0 aromatic heterocycles. The molecule has 1 N–H and O–H groups in total. The van der Waals surface area contributed by atoms with Crippen LogP contribution in [0.1, 0.15) is 25.7 Å². The molecule has 0 unspecified atom stereocenters. The summed E-state index contributed by atoms with van der Waals surface area (Å²) in [5.41, 5.74) is 0.533. The van der Waals surface area contributed by atoms with Gasteiger partial charge >= 0.3 is 0 Å². The number of methoxy groups -OCH3 is 1. The van der Waals surface area contributed by atoms with Crippen molar-refractivity contribution < 1.29 is 17.9 Å². The molecule has 0 aliphatic carbocycles. The van der Waals surface area contributed by atoms with Crippen LogP contribution in [0.15, 0.2) is 18.2 Å². The second-order valence-electron chi connectivity index (χ2n) is 6.59. The maximum Gasteiger partial charge on any atom is 0.281 e. The SMILES string of the molecule is COc1ccc(Cl)cc1NC(=O)CC[C@@H]1CCCN(S(=O)(=O)N(C)C)C1. The molecular weight excluding hydrogens is 378 g/mol. The topological polar surface area (TPSA) is 79.0 Å². The Morgan fingerprint density at radius 3 is 2.81 bits per heavy atom. The normalized spacial score (nSPS) is 18.7. The third-order valence-electron chi connectivity index (χ3n) is 4.48. The molecule has 2 rings (SSSR count). The molecule has 146 valence electrons. The summed E-state index contributed by atoms with van der Waals surface area (Å²) in [5.74, 6) is 0.576. The lowest BCUT2D eigenvalue weighted by atomic mass is 9.94. The monoisotopic (exact) mass is 403 g/mol. The highest BCUT2D eigenvalue weighted by molar-refractivity contribution is 7.86. The highest BCUT2D eigenvalue weighted by Gasteiger charge is 2.30. The molecule has 1 aromatic carbocycles. The van der Waals surface area contributed by atoms with E-state index in [1.54, 1.807) is 18.2 Å². The summed E-state index contributed by atoms with van der Waals surface area (Å²) in [6.45, 7) is 0.983. The van der Waals surface area contributed by atoms with E-state index in [1.807, 2.05) is 0 Å². The van der Waals surface area contributed by atoms with E-state index < -0.39 is 10.2 Å². The Morgan fingerprint density at radius 1 is 1.42 bits per heavy atom. The van der Waals surface area contributed by atoms with E-state index in [2.05, 4.69) is 5.32 Å². The number of ether oxygens (including phenoxy) is 1. The molecule has 1 atom stereocenters. The van der Waals surface area contributed by atoms with Gasteiger partial charge in [-0.1, -0.05) is 11.6 Å². The van der Waals surface area contributed by atoms with Crippen molar-refractivity contribution in [2.24, 2.45) is 5.92 Å². The number of rotatable bonds is 7. The van der Waals surface area contributed by atoms with Crippen molar-refractivity contribution in [1.29, 1.82) is 0 Å². The van der Waals surface area contributed by atoms with Crippen LogP contribution in [0.2, 0.25) is 5.02 Å². The van der Waals surface area contributed by atoms with Gasteiger partial charge in [0.25, 0.3) is 10.2 Å². The molecule has 0 radical (unpaired) electrons. The highest BCUT2D eigenvalue weighted by atomic mass is 35.5. The predicted octanol–water partition coefficient (Wildman–Crippen LogP) is 2.59. The Labute approximate surface area is 160 Å². The van der Waals surface area contributed by atoms with Crippen LogP contribution >= 0.6 is 11.6 Å². The minimum absolute atomic E-state index is 0.141. The van der Waals surface area contributed by atoms with Gasteiger partial charge in [0.2, 0.25) is 5.91 Å². The van der Waals surface area contributed by atoms with Crippen LogP contribution in [0.25, 0.3) is 0 Å². The van der Waals surface area contributed by atoms with Gasteiger partial charge in [0.15, 0.2) is 0 Å². The van der Waals surface area contributed by atoms with Crippen molar-refractivity contribution in [2.75, 3.05) is 39.6 Å².